The van der Waals surface area contributed by atoms with Gasteiger partial charge in [-0.1, -0.05) is 29.3 Å². The summed E-state index contributed by atoms with van der Waals surface area (Å²) in [5, 5.41) is 5.31. The molecule has 0 bridgehead atoms. The van der Waals surface area contributed by atoms with Crippen LogP contribution >= 0.6 is 23.2 Å². The Hall–Kier alpha value is -2.02. The molecule has 0 radical (unpaired) electrons. The van der Waals surface area contributed by atoms with Crippen molar-refractivity contribution in [3.8, 4) is 0 Å². The van der Waals surface area contributed by atoms with Crippen LogP contribution in [0.3, 0.4) is 0 Å². The van der Waals surface area contributed by atoms with Crippen LogP contribution in [0.1, 0.15) is 33.4 Å². The van der Waals surface area contributed by atoms with Crippen LogP contribution in [-0.2, 0) is 16.6 Å². The highest BCUT2D eigenvalue weighted by molar-refractivity contribution is 7.92. The van der Waals surface area contributed by atoms with Gasteiger partial charge in [0.05, 0.1) is 23.3 Å². The van der Waals surface area contributed by atoms with Crippen molar-refractivity contribution in [3.63, 3.8) is 0 Å². The van der Waals surface area contributed by atoms with Gasteiger partial charge in [-0.05, 0) is 74.6 Å². The Morgan fingerprint density at radius 1 is 0.931 bits per heavy atom. The molecule has 0 saturated heterocycles. The van der Waals surface area contributed by atoms with Gasteiger partial charge in [-0.3, -0.25) is 9.40 Å². The molecule has 1 aromatic heterocycles. The molecule has 0 atom stereocenters. The molecule has 0 aliphatic heterocycles. The number of benzene rings is 2. The number of anilines is 1. The molecule has 0 amide bonds. The van der Waals surface area contributed by atoms with E-state index in [4.69, 9.17) is 23.2 Å². The predicted octanol–water partition coefficient (Wildman–Crippen LogP) is 5.58. The molecule has 2 aromatic carbocycles. The van der Waals surface area contributed by atoms with Gasteiger partial charge in [0, 0.05) is 21.8 Å². The maximum Gasteiger partial charge on any atom is 0.262 e. The largest absolute Gasteiger partial charge is 0.276 e. The van der Waals surface area contributed by atoms with E-state index in [0.29, 0.717) is 27.2 Å². The lowest BCUT2D eigenvalue weighted by Gasteiger charge is -2.19. The molecular formula is C21H23Cl2N3O2S. The van der Waals surface area contributed by atoms with Gasteiger partial charge in [0.2, 0.25) is 0 Å². The van der Waals surface area contributed by atoms with Crippen LogP contribution in [-0.4, -0.2) is 18.2 Å². The van der Waals surface area contributed by atoms with E-state index in [0.717, 1.165) is 33.4 Å². The third-order valence-corrected chi connectivity index (χ3v) is 7.83. The fourth-order valence-corrected chi connectivity index (χ4v) is 5.57. The smallest absolute Gasteiger partial charge is 0.262 e. The highest BCUT2D eigenvalue weighted by Gasteiger charge is 2.24. The lowest BCUT2D eigenvalue weighted by atomic mass is 9.95. The van der Waals surface area contributed by atoms with Crippen molar-refractivity contribution in [2.75, 3.05) is 4.72 Å². The third-order valence-electron chi connectivity index (χ3n) is 5.47. The van der Waals surface area contributed by atoms with Gasteiger partial charge in [-0.15, -0.1) is 0 Å². The van der Waals surface area contributed by atoms with Crippen molar-refractivity contribution in [1.82, 2.24) is 9.78 Å². The molecule has 8 heteroatoms. The zero-order valence-electron chi connectivity index (χ0n) is 17.0. The summed E-state index contributed by atoms with van der Waals surface area (Å²) < 4.78 is 30.5. The Morgan fingerprint density at radius 2 is 1.45 bits per heavy atom. The van der Waals surface area contributed by atoms with E-state index < -0.39 is 10.0 Å². The first-order chi connectivity index (χ1) is 13.5. The fourth-order valence-electron chi connectivity index (χ4n) is 3.42. The second kappa shape index (κ2) is 8.01. The van der Waals surface area contributed by atoms with Crippen LogP contribution in [0, 0.1) is 34.6 Å². The summed E-state index contributed by atoms with van der Waals surface area (Å²) in [6.45, 7) is 9.92. The molecule has 154 valence electrons. The number of hydrogen-bond acceptors (Lipinski definition) is 3. The number of rotatable bonds is 5. The molecule has 0 fully saturated rings. The number of halogens is 2. The number of aromatic nitrogens is 2. The van der Waals surface area contributed by atoms with Crippen molar-refractivity contribution in [1.29, 1.82) is 0 Å². The molecule has 5 nitrogen and oxygen atoms in total. The van der Waals surface area contributed by atoms with E-state index in [1.54, 1.807) is 29.1 Å². The van der Waals surface area contributed by atoms with Gasteiger partial charge in [-0.25, -0.2) is 8.42 Å². The van der Waals surface area contributed by atoms with E-state index in [1.165, 1.54) is 6.20 Å². The zero-order chi connectivity index (χ0) is 21.5. The Morgan fingerprint density at radius 3 is 2.00 bits per heavy atom. The van der Waals surface area contributed by atoms with Crippen LogP contribution in [0.15, 0.2) is 35.5 Å². The third kappa shape index (κ3) is 4.15. The highest BCUT2D eigenvalue weighted by Crippen LogP contribution is 2.31. The topological polar surface area (TPSA) is 64.0 Å². The number of hydrogen-bond donors (Lipinski definition) is 1. The summed E-state index contributed by atoms with van der Waals surface area (Å²) in [6.07, 6.45) is 3.09. The monoisotopic (exact) mass is 451 g/mol. The van der Waals surface area contributed by atoms with Crippen LogP contribution in [0.5, 0.6) is 0 Å². The lowest BCUT2D eigenvalue weighted by Crippen LogP contribution is -2.17. The summed E-state index contributed by atoms with van der Waals surface area (Å²) in [5.74, 6) is 0. The summed E-state index contributed by atoms with van der Waals surface area (Å²) in [7, 11) is -3.77. The standard InChI is InChI=1S/C21H23Cl2N3O2S/c1-12-13(2)15(4)21(16(5)14(12)3)29(27,28)25-17-9-24-26(10-17)11-18-19(22)7-6-8-20(18)23/h6-10,25H,11H2,1-5H3. The summed E-state index contributed by atoms with van der Waals surface area (Å²) >= 11 is 12.4. The molecule has 0 unspecified atom stereocenters. The van der Waals surface area contributed by atoms with Crippen LogP contribution in [0.2, 0.25) is 10.0 Å². The molecule has 0 spiro atoms. The minimum absolute atomic E-state index is 0.319. The van der Waals surface area contributed by atoms with Crippen molar-refractivity contribution >= 4 is 38.9 Å². The van der Waals surface area contributed by atoms with Crippen LogP contribution in [0.25, 0.3) is 0 Å². The Bertz CT molecular complexity index is 1150. The van der Waals surface area contributed by atoms with Gasteiger partial charge in [0.1, 0.15) is 0 Å². The molecule has 29 heavy (non-hydrogen) atoms. The molecule has 1 N–H and O–H groups in total. The van der Waals surface area contributed by atoms with E-state index in [1.807, 2.05) is 34.6 Å². The van der Waals surface area contributed by atoms with Crippen LogP contribution in [0.4, 0.5) is 5.69 Å². The first-order valence-electron chi connectivity index (χ1n) is 9.08. The van der Waals surface area contributed by atoms with E-state index >= 15 is 0 Å². The minimum Gasteiger partial charge on any atom is -0.276 e. The summed E-state index contributed by atoms with van der Waals surface area (Å²) in [4.78, 5) is 0.319. The summed E-state index contributed by atoms with van der Waals surface area (Å²) in [6, 6.07) is 5.28. The Balaban J connectivity index is 1.92. The second-order valence-corrected chi connectivity index (χ2v) is 9.62. The highest BCUT2D eigenvalue weighted by atomic mass is 35.5. The van der Waals surface area contributed by atoms with Crippen molar-refractivity contribution in [3.05, 3.63) is 74.0 Å². The molecule has 3 aromatic rings. The second-order valence-electron chi connectivity index (χ2n) is 7.19. The molecule has 1 heterocycles. The Kier molecular flexibility index (Phi) is 5.99. The van der Waals surface area contributed by atoms with Gasteiger partial charge in [0.15, 0.2) is 0 Å². The Labute approximate surface area is 181 Å². The summed E-state index contributed by atoms with van der Waals surface area (Å²) in [5.41, 5.74) is 5.70. The number of nitrogens with one attached hydrogen (secondary N) is 1. The molecule has 0 aliphatic carbocycles. The lowest BCUT2D eigenvalue weighted by molar-refractivity contribution is 0.599. The van der Waals surface area contributed by atoms with Crippen molar-refractivity contribution in [2.24, 2.45) is 0 Å². The maximum atomic E-state index is 13.1. The first-order valence-corrected chi connectivity index (χ1v) is 11.3. The number of sulfonamides is 1. The quantitative estimate of drug-likeness (QED) is 0.550. The van der Waals surface area contributed by atoms with Crippen molar-refractivity contribution < 1.29 is 8.42 Å². The average molecular weight is 452 g/mol. The van der Waals surface area contributed by atoms with Crippen molar-refractivity contribution in [2.45, 2.75) is 46.1 Å². The maximum absolute atomic E-state index is 13.1. The molecule has 3 rings (SSSR count). The molecular weight excluding hydrogens is 429 g/mol. The molecule has 0 aliphatic rings. The number of nitrogens with zero attached hydrogens (tertiary/aromatic N) is 2. The zero-order valence-corrected chi connectivity index (χ0v) is 19.3. The first kappa shape index (κ1) is 21.7. The van der Waals surface area contributed by atoms with Gasteiger partial charge < -0.3 is 0 Å². The van der Waals surface area contributed by atoms with E-state index in [-0.39, 0.29) is 0 Å². The van der Waals surface area contributed by atoms with Gasteiger partial charge >= 0.3 is 0 Å². The predicted molar refractivity (Wildman–Crippen MR) is 119 cm³/mol. The molecule has 0 saturated carbocycles. The van der Waals surface area contributed by atoms with E-state index in [2.05, 4.69) is 9.82 Å². The van der Waals surface area contributed by atoms with Gasteiger partial charge in [0.25, 0.3) is 10.0 Å². The van der Waals surface area contributed by atoms with E-state index in [9.17, 15) is 8.42 Å². The minimum atomic E-state index is -3.77. The average Bonchev–Trinajstić information content (AvgIpc) is 3.07. The SMILES string of the molecule is Cc1c(C)c(C)c(S(=O)(=O)Nc2cnn(Cc3c(Cl)cccc3Cl)c2)c(C)c1C. The van der Waals surface area contributed by atoms with Crippen LogP contribution < -0.4 is 4.72 Å². The normalized spacial score (nSPS) is 11.7. The fraction of sp³-hybridized carbons (Fsp3) is 0.286. The van der Waals surface area contributed by atoms with Gasteiger partial charge in [-0.2, -0.15) is 5.10 Å².